The minimum Gasteiger partial charge on any atom is -0.309 e. The first-order chi connectivity index (χ1) is 9.02. The van der Waals surface area contributed by atoms with Gasteiger partial charge in [-0.2, -0.15) is 0 Å². The summed E-state index contributed by atoms with van der Waals surface area (Å²) in [6, 6.07) is 12.4. The van der Waals surface area contributed by atoms with Gasteiger partial charge in [-0.05, 0) is 54.9 Å². The molecule has 0 aliphatic heterocycles. The Balaban J connectivity index is 2.49. The molecule has 0 heterocycles. The van der Waals surface area contributed by atoms with Crippen LogP contribution in [0.3, 0.4) is 0 Å². The van der Waals surface area contributed by atoms with E-state index in [9.17, 15) is 0 Å². The first-order valence-corrected chi connectivity index (χ1v) is 7.87. The Morgan fingerprint density at radius 3 is 2.47 bits per heavy atom. The zero-order chi connectivity index (χ0) is 14.0. The molecule has 1 nitrogen and oxygen atoms in total. The molecule has 100 valence electrons. The molecule has 19 heavy (non-hydrogen) atoms. The highest BCUT2D eigenvalue weighted by Crippen LogP contribution is 2.32. The maximum Gasteiger partial charge on any atom is 0.0586 e. The summed E-state index contributed by atoms with van der Waals surface area (Å²) < 4.78 is 2.14. The number of nitrogens with one attached hydrogen (secondary N) is 1. The third-order valence-electron chi connectivity index (χ3n) is 3.09. The predicted octanol–water partition coefficient (Wildman–Crippen LogP) is 5.48. The molecule has 0 amide bonds. The molecule has 0 aliphatic rings. The van der Waals surface area contributed by atoms with Gasteiger partial charge < -0.3 is 5.32 Å². The molecule has 0 spiro atoms. The summed E-state index contributed by atoms with van der Waals surface area (Å²) >= 11 is 13.4. The van der Waals surface area contributed by atoms with Crippen LogP contribution >= 0.6 is 43.5 Å². The van der Waals surface area contributed by atoms with Crippen LogP contribution < -0.4 is 5.32 Å². The molecule has 0 aromatic heterocycles. The van der Waals surface area contributed by atoms with Gasteiger partial charge in [-0.15, -0.1) is 0 Å². The van der Waals surface area contributed by atoms with Gasteiger partial charge >= 0.3 is 0 Å². The molecule has 1 atom stereocenters. The van der Waals surface area contributed by atoms with Gasteiger partial charge in [-0.1, -0.05) is 55.6 Å². The highest BCUT2D eigenvalue weighted by molar-refractivity contribution is 9.11. The van der Waals surface area contributed by atoms with Crippen molar-refractivity contribution in [3.05, 3.63) is 67.1 Å². The summed E-state index contributed by atoms with van der Waals surface area (Å²) in [6.45, 7) is 2.01. The molecule has 0 fully saturated rings. The summed E-state index contributed by atoms with van der Waals surface area (Å²) in [5.41, 5.74) is 3.42. The molecule has 0 saturated carbocycles. The van der Waals surface area contributed by atoms with Crippen LogP contribution in [0.4, 0.5) is 0 Å². The van der Waals surface area contributed by atoms with Crippen molar-refractivity contribution < 1.29 is 0 Å². The molecule has 2 rings (SSSR count). The van der Waals surface area contributed by atoms with Gasteiger partial charge in [0.1, 0.15) is 0 Å². The van der Waals surface area contributed by atoms with Crippen molar-refractivity contribution in [3.8, 4) is 0 Å². The second-order valence-electron chi connectivity index (χ2n) is 4.40. The van der Waals surface area contributed by atoms with Crippen LogP contribution in [0.25, 0.3) is 0 Å². The fourth-order valence-electron chi connectivity index (χ4n) is 2.03. The van der Waals surface area contributed by atoms with Gasteiger partial charge in [0, 0.05) is 14.0 Å². The fraction of sp³-hybridized carbons (Fsp3) is 0.200. The summed E-state index contributed by atoms with van der Waals surface area (Å²) in [7, 11) is 1.95. The molecule has 2 aromatic rings. The van der Waals surface area contributed by atoms with E-state index in [0.29, 0.717) is 0 Å². The SMILES string of the molecule is CNC(c1ccc(C)c(Cl)c1)c1cc(Br)ccc1Br. The van der Waals surface area contributed by atoms with Crippen molar-refractivity contribution in [1.82, 2.24) is 5.32 Å². The van der Waals surface area contributed by atoms with E-state index in [1.807, 2.05) is 38.2 Å². The average Bonchev–Trinajstić information content (AvgIpc) is 2.38. The van der Waals surface area contributed by atoms with E-state index in [0.717, 1.165) is 25.1 Å². The molecular formula is C15H14Br2ClN. The smallest absolute Gasteiger partial charge is 0.0586 e. The lowest BCUT2D eigenvalue weighted by Crippen LogP contribution is -2.18. The summed E-state index contributed by atoms with van der Waals surface area (Å²) in [4.78, 5) is 0. The van der Waals surface area contributed by atoms with Crippen molar-refractivity contribution in [3.63, 3.8) is 0 Å². The highest BCUT2D eigenvalue weighted by Gasteiger charge is 2.16. The molecule has 0 aliphatic carbocycles. The lowest BCUT2D eigenvalue weighted by Gasteiger charge is -2.19. The monoisotopic (exact) mass is 401 g/mol. The number of halogens is 3. The van der Waals surface area contributed by atoms with E-state index in [2.05, 4.69) is 49.3 Å². The van der Waals surface area contributed by atoms with Crippen molar-refractivity contribution in [1.29, 1.82) is 0 Å². The Morgan fingerprint density at radius 1 is 1.11 bits per heavy atom. The molecule has 0 radical (unpaired) electrons. The Kier molecular flexibility index (Phi) is 5.07. The van der Waals surface area contributed by atoms with Gasteiger partial charge in [0.15, 0.2) is 0 Å². The number of rotatable bonds is 3. The molecule has 0 saturated heterocycles. The standard InChI is InChI=1S/C15H14Br2ClN/c1-9-3-4-10(7-14(9)18)15(19-2)12-8-11(16)5-6-13(12)17/h3-8,15,19H,1-2H3. The second kappa shape index (κ2) is 6.40. The normalized spacial score (nSPS) is 12.5. The molecule has 1 unspecified atom stereocenters. The van der Waals surface area contributed by atoms with Crippen molar-refractivity contribution in [2.75, 3.05) is 7.05 Å². The fourth-order valence-corrected chi connectivity index (χ4v) is 3.07. The quantitative estimate of drug-likeness (QED) is 0.715. The van der Waals surface area contributed by atoms with Crippen LogP contribution in [-0.4, -0.2) is 7.05 Å². The van der Waals surface area contributed by atoms with E-state index in [1.54, 1.807) is 0 Å². The van der Waals surface area contributed by atoms with Crippen LogP contribution in [0, 0.1) is 6.92 Å². The highest BCUT2D eigenvalue weighted by atomic mass is 79.9. The Bertz CT molecular complexity index is 599. The van der Waals surface area contributed by atoms with Crippen molar-refractivity contribution in [2.45, 2.75) is 13.0 Å². The molecule has 0 bridgehead atoms. The van der Waals surface area contributed by atoms with Crippen molar-refractivity contribution >= 4 is 43.5 Å². The summed E-state index contributed by atoms with van der Waals surface area (Å²) in [5.74, 6) is 0. The molecule has 4 heteroatoms. The maximum atomic E-state index is 6.22. The van der Waals surface area contributed by atoms with Gasteiger partial charge in [0.25, 0.3) is 0 Å². The van der Waals surface area contributed by atoms with Gasteiger partial charge in [0.2, 0.25) is 0 Å². The lowest BCUT2D eigenvalue weighted by atomic mass is 9.98. The van der Waals surface area contributed by atoms with Crippen LogP contribution in [0.5, 0.6) is 0 Å². The third-order valence-corrected chi connectivity index (χ3v) is 4.71. The Morgan fingerprint density at radius 2 is 1.84 bits per heavy atom. The van der Waals surface area contributed by atoms with Crippen molar-refractivity contribution in [2.24, 2.45) is 0 Å². The first-order valence-electron chi connectivity index (χ1n) is 5.91. The molecule has 2 aromatic carbocycles. The lowest BCUT2D eigenvalue weighted by molar-refractivity contribution is 0.688. The minimum absolute atomic E-state index is 0.102. The average molecular weight is 404 g/mol. The molecule has 1 N–H and O–H groups in total. The Hall–Kier alpha value is -0.350. The van der Waals surface area contributed by atoms with Gasteiger partial charge in [-0.3, -0.25) is 0 Å². The van der Waals surface area contributed by atoms with Gasteiger partial charge in [-0.25, -0.2) is 0 Å². The number of hydrogen-bond donors (Lipinski definition) is 1. The van der Waals surface area contributed by atoms with Crippen LogP contribution in [0.2, 0.25) is 5.02 Å². The second-order valence-corrected chi connectivity index (χ2v) is 6.57. The zero-order valence-corrected chi connectivity index (χ0v) is 14.6. The largest absolute Gasteiger partial charge is 0.309 e. The number of hydrogen-bond acceptors (Lipinski definition) is 1. The number of aryl methyl sites for hydroxylation is 1. The predicted molar refractivity (Wildman–Crippen MR) is 88.9 cm³/mol. The zero-order valence-electron chi connectivity index (χ0n) is 10.7. The van der Waals surface area contributed by atoms with Crippen LogP contribution in [0.1, 0.15) is 22.7 Å². The summed E-state index contributed by atoms with van der Waals surface area (Å²) in [5, 5.41) is 4.14. The first kappa shape index (κ1) is 15.0. The molecular weight excluding hydrogens is 389 g/mol. The van der Waals surface area contributed by atoms with Gasteiger partial charge in [0.05, 0.1) is 6.04 Å². The minimum atomic E-state index is 0.102. The van der Waals surface area contributed by atoms with E-state index < -0.39 is 0 Å². The topological polar surface area (TPSA) is 12.0 Å². The van der Waals surface area contributed by atoms with Crippen LogP contribution in [0.15, 0.2) is 45.3 Å². The van der Waals surface area contributed by atoms with E-state index in [4.69, 9.17) is 11.6 Å². The van der Waals surface area contributed by atoms with E-state index in [1.165, 1.54) is 5.56 Å². The maximum absolute atomic E-state index is 6.22. The number of benzene rings is 2. The van der Waals surface area contributed by atoms with E-state index in [-0.39, 0.29) is 6.04 Å². The third kappa shape index (κ3) is 3.40. The van der Waals surface area contributed by atoms with E-state index >= 15 is 0 Å². The summed E-state index contributed by atoms with van der Waals surface area (Å²) in [6.07, 6.45) is 0. The Labute approximate surface area is 135 Å². The van der Waals surface area contributed by atoms with Crippen LogP contribution in [-0.2, 0) is 0 Å².